The molecule has 0 amide bonds. The lowest BCUT2D eigenvalue weighted by Gasteiger charge is -2.14. The lowest BCUT2D eigenvalue weighted by atomic mass is 10.1. The van der Waals surface area contributed by atoms with Gasteiger partial charge >= 0.3 is 11.4 Å². The minimum atomic E-state index is -4.74. The Labute approximate surface area is 237 Å². The first-order valence-electron chi connectivity index (χ1n) is 9.73. The third-order valence-electron chi connectivity index (χ3n) is 4.42. The summed E-state index contributed by atoms with van der Waals surface area (Å²) in [4.78, 5) is 4.74. The smallest absolute Gasteiger partial charge is 0.403 e. The number of hydrogen-bond donors (Lipinski definition) is 0. The third kappa shape index (κ3) is 8.49. The van der Waals surface area contributed by atoms with Crippen LogP contribution in [0.1, 0.15) is 0 Å². The Balaban J connectivity index is 0.000000216. The average Bonchev–Trinajstić information content (AvgIpc) is 2.83. The van der Waals surface area contributed by atoms with Gasteiger partial charge in [0.15, 0.2) is 9.95 Å². The Bertz CT molecular complexity index is 1670. The average molecular weight is 634 g/mol. The number of benzene rings is 4. The van der Waals surface area contributed by atoms with E-state index >= 15 is 0 Å². The summed E-state index contributed by atoms with van der Waals surface area (Å²) in [5.74, 6) is 0. The molecule has 196 valence electrons. The molecule has 0 atom stereocenters. The van der Waals surface area contributed by atoms with E-state index in [-0.39, 0.29) is 10.8 Å². The van der Waals surface area contributed by atoms with Gasteiger partial charge in [-0.15, -0.1) is 0 Å². The zero-order chi connectivity index (χ0) is 28.7. The molecule has 4 aromatic carbocycles. The highest BCUT2D eigenvalue weighted by Gasteiger charge is 2.13. The van der Waals surface area contributed by atoms with Crippen molar-refractivity contribution in [2.75, 3.05) is 0 Å². The van der Waals surface area contributed by atoms with Gasteiger partial charge in [0, 0.05) is 33.0 Å². The summed E-state index contributed by atoms with van der Waals surface area (Å²) in [7, 11) is -9.48. The fourth-order valence-corrected chi connectivity index (χ4v) is 5.09. The molecule has 0 spiro atoms. The van der Waals surface area contributed by atoms with Crippen molar-refractivity contribution in [2.24, 2.45) is 0 Å². The standard InChI is InChI=1S/C10H8O6S2.2C6H3Cl2N2/c11-17(12,13)9-5-1-3-7-8(9)4-2-6-10(7)18(14,15)16;2*7-4-1-2-6(10-9)5(8)3-4/h1-6H,(H,11,12,13)(H,14,15,16);2*1-3H/q;2*+1/p-2. The first-order valence-corrected chi connectivity index (χ1v) is 14.1. The Morgan fingerprint density at radius 1 is 0.579 bits per heavy atom. The van der Waals surface area contributed by atoms with Crippen LogP contribution in [0.5, 0.6) is 0 Å². The largest absolute Gasteiger partial charge is 0.744 e. The predicted molar refractivity (Wildman–Crippen MR) is 142 cm³/mol. The zero-order valence-electron chi connectivity index (χ0n) is 18.5. The van der Waals surface area contributed by atoms with Gasteiger partial charge in [0.2, 0.25) is 10.8 Å². The third-order valence-corrected chi connectivity index (χ3v) is 7.28. The molecule has 0 fully saturated rings. The van der Waals surface area contributed by atoms with E-state index in [0.29, 0.717) is 31.5 Å². The maximum Gasteiger partial charge on any atom is 0.403 e. The fourth-order valence-electron chi connectivity index (χ4n) is 2.81. The molecule has 4 aromatic rings. The Morgan fingerprint density at radius 3 is 1.18 bits per heavy atom. The second-order valence-electron chi connectivity index (χ2n) is 6.91. The molecule has 0 aliphatic heterocycles. The van der Waals surface area contributed by atoms with Crippen LogP contribution in [0.4, 0.5) is 11.4 Å². The van der Waals surface area contributed by atoms with Crippen LogP contribution >= 0.6 is 46.4 Å². The Hall–Kier alpha value is -3.04. The molecule has 38 heavy (non-hydrogen) atoms. The first kappa shape index (κ1) is 31.2. The summed E-state index contributed by atoms with van der Waals surface area (Å²) >= 11 is 22.3. The van der Waals surface area contributed by atoms with E-state index in [4.69, 9.17) is 57.2 Å². The maximum absolute atomic E-state index is 11.0. The number of fused-ring (bicyclic) bond motifs is 1. The van der Waals surface area contributed by atoms with Crippen molar-refractivity contribution in [3.8, 4) is 0 Å². The van der Waals surface area contributed by atoms with Crippen molar-refractivity contribution < 1.29 is 25.9 Å². The van der Waals surface area contributed by atoms with Gasteiger partial charge in [-0.1, -0.05) is 70.7 Å². The van der Waals surface area contributed by atoms with Crippen molar-refractivity contribution in [1.82, 2.24) is 0 Å². The summed E-state index contributed by atoms with van der Waals surface area (Å²) in [5.41, 5.74) is 0.650. The van der Waals surface area contributed by atoms with E-state index in [1.807, 2.05) is 0 Å². The van der Waals surface area contributed by atoms with Crippen molar-refractivity contribution in [3.63, 3.8) is 0 Å². The van der Waals surface area contributed by atoms with E-state index in [9.17, 15) is 25.9 Å². The van der Waals surface area contributed by atoms with Crippen LogP contribution < -0.4 is 0 Å². The zero-order valence-corrected chi connectivity index (χ0v) is 23.2. The SMILES string of the molecule is N#[N+]c1ccc(Cl)cc1Cl.N#[N+]c1ccc(Cl)cc1Cl.O=S(=O)([O-])c1cccc2c(S(=O)(=O)[O-])cccc12. The van der Waals surface area contributed by atoms with Gasteiger partial charge in [-0.25, -0.2) is 16.8 Å². The second-order valence-corrected chi connectivity index (χ2v) is 11.3. The molecule has 0 heterocycles. The van der Waals surface area contributed by atoms with Crippen molar-refractivity contribution >= 4 is 88.8 Å². The number of nitrogens with zero attached hydrogens (tertiary/aromatic N) is 4. The van der Waals surface area contributed by atoms with E-state index in [1.54, 1.807) is 12.1 Å². The molecule has 0 aromatic heterocycles. The molecule has 16 heteroatoms. The highest BCUT2D eigenvalue weighted by molar-refractivity contribution is 7.86. The quantitative estimate of drug-likeness (QED) is 0.160. The fraction of sp³-hybridized carbons (Fsp3) is 0. The van der Waals surface area contributed by atoms with Crippen molar-refractivity contribution in [1.29, 1.82) is 10.8 Å². The number of diazo groups is 2. The van der Waals surface area contributed by atoms with Crippen molar-refractivity contribution in [3.05, 3.63) is 103 Å². The van der Waals surface area contributed by atoms with Crippen LogP contribution in [0.3, 0.4) is 0 Å². The van der Waals surface area contributed by atoms with Gasteiger partial charge < -0.3 is 9.11 Å². The van der Waals surface area contributed by atoms with Gasteiger partial charge in [-0.2, -0.15) is 0 Å². The number of hydrogen-bond acceptors (Lipinski definition) is 8. The van der Waals surface area contributed by atoms with E-state index in [1.165, 1.54) is 48.5 Å². The Morgan fingerprint density at radius 2 is 0.921 bits per heavy atom. The molecule has 0 radical (unpaired) electrons. The second kappa shape index (κ2) is 13.2. The van der Waals surface area contributed by atoms with Crippen LogP contribution in [0, 0.1) is 10.8 Å². The topological polar surface area (TPSA) is 171 Å². The highest BCUT2D eigenvalue weighted by Crippen LogP contribution is 2.29. The molecule has 10 nitrogen and oxygen atoms in total. The predicted octanol–water partition coefficient (Wildman–Crippen LogP) is 7.60. The molecule has 0 saturated heterocycles. The van der Waals surface area contributed by atoms with Gasteiger partial charge in [0.05, 0.1) is 9.79 Å². The molecule has 0 unspecified atom stereocenters. The molecule has 0 aliphatic carbocycles. The molecular formula is C22H12Cl4N4O6S2. The summed E-state index contributed by atoms with van der Waals surface area (Å²) in [6.45, 7) is 0. The van der Waals surface area contributed by atoms with Gasteiger partial charge in [-0.3, -0.25) is 0 Å². The maximum atomic E-state index is 11.0. The minimum absolute atomic E-state index is 0.0792. The molecule has 4 rings (SSSR count). The summed E-state index contributed by atoms with van der Waals surface area (Å²) in [6.07, 6.45) is 0. The molecule has 0 N–H and O–H groups in total. The van der Waals surface area contributed by atoms with Crippen LogP contribution in [0.2, 0.25) is 20.1 Å². The molecule has 0 bridgehead atoms. The van der Waals surface area contributed by atoms with Crippen molar-refractivity contribution in [2.45, 2.75) is 9.79 Å². The van der Waals surface area contributed by atoms with Crippen LogP contribution in [0.15, 0.2) is 82.6 Å². The summed E-state index contributed by atoms with van der Waals surface area (Å²) in [5, 5.41) is 18.2. The van der Waals surface area contributed by atoms with Gasteiger partial charge in [0.1, 0.15) is 30.3 Å². The summed E-state index contributed by atoms with van der Waals surface area (Å²) in [6, 6.07) is 16.4. The molecular weight excluding hydrogens is 622 g/mol. The van der Waals surface area contributed by atoms with E-state index in [0.717, 1.165) is 12.1 Å². The normalized spacial score (nSPS) is 10.7. The van der Waals surface area contributed by atoms with Crippen LogP contribution in [-0.2, 0) is 20.2 Å². The Kier molecular flexibility index (Phi) is 10.8. The molecule has 0 saturated carbocycles. The lowest BCUT2D eigenvalue weighted by Crippen LogP contribution is -2.03. The number of halogens is 4. The van der Waals surface area contributed by atoms with E-state index in [2.05, 4.69) is 9.95 Å². The lowest BCUT2D eigenvalue weighted by molar-refractivity contribution is 0.461. The van der Waals surface area contributed by atoms with E-state index < -0.39 is 30.0 Å². The van der Waals surface area contributed by atoms with Gasteiger partial charge in [-0.05, 0) is 36.4 Å². The molecule has 0 aliphatic rings. The number of rotatable bonds is 2. The highest BCUT2D eigenvalue weighted by atomic mass is 35.5. The first-order chi connectivity index (χ1) is 17.7. The van der Waals surface area contributed by atoms with Crippen LogP contribution in [0.25, 0.3) is 20.7 Å². The summed E-state index contributed by atoms with van der Waals surface area (Å²) < 4.78 is 66.1. The monoisotopic (exact) mass is 632 g/mol. The minimum Gasteiger partial charge on any atom is -0.744 e. The van der Waals surface area contributed by atoms with Gasteiger partial charge in [0.25, 0.3) is 0 Å². The van der Waals surface area contributed by atoms with Crippen LogP contribution in [-0.4, -0.2) is 25.9 Å².